The number of anilines is 1. The van der Waals surface area contributed by atoms with Crippen LogP contribution in [-0.2, 0) is 4.79 Å². The molecule has 3 nitrogen and oxygen atoms in total. The highest BCUT2D eigenvalue weighted by Gasteiger charge is 2.44. The number of aromatic nitrogens is 1. The summed E-state index contributed by atoms with van der Waals surface area (Å²) in [6.45, 7) is 0. The fourth-order valence-electron chi connectivity index (χ4n) is 2.87. The van der Waals surface area contributed by atoms with E-state index in [1.165, 1.54) is 16.9 Å². The second-order valence-electron chi connectivity index (χ2n) is 6.02. The first kappa shape index (κ1) is 16.6. The summed E-state index contributed by atoms with van der Waals surface area (Å²) >= 11 is 13.4. The van der Waals surface area contributed by atoms with Crippen molar-refractivity contribution in [3.8, 4) is 11.3 Å². The second-order valence-corrected chi connectivity index (χ2v) is 7.69. The number of hydrogen-bond acceptors (Lipinski definition) is 3. The Balaban J connectivity index is 1.43. The molecule has 4 rings (SSSR count). The number of carbonyl (C=O) groups is 1. The predicted octanol–water partition coefficient (Wildman–Crippen LogP) is 5.86. The zero-order valence-corrected chi connectivity index (χ0v) is 15.4. The summed E-state index contributed by atoms with van der Waals surface area (Å²) < 4.78 is 0. The Hall–Kier alpha value is -1.88. The van der Waals surface area contributed by atoms with E-state index < -0.39 is 0 Å². The van der Waals surface area contributed by atoms with Crippen molar-refractivity contribution in [2.24, 2.45) is 5.92 Å². The fourth-order valence-corrected chi connectivity index (χ4v) is 3.89. The van der Waals surface area contributed by atoms with E-state index in [0.717, 1.165) is 17.7 Å². The van der Waals surface area contributed by atoms with Gasteiger partial charge in [-0.2, -0.15) is 0 Å². The molecule has 2 aromatic carbocycles. The third kappa shape index (κ3) is 3.56. The summed E-state index contributed by atoms with van der Waals surface area (Å²) in [6.07, 6.45) is 0.890. The van der Waals surface area contributed by atoms with Gasteiger partial charge in [-0.05, 0) is 30.0 Å². The smallest absolute Gasteiger partial charge is 0.229 e. The summed E-state index contributed by atoms with van der Waals surface area (Å²) in [7, 11) is 0. The number of benzene rings is 2. The van der Waals surface area contributed by atoms with Crippen LogP contribution in [0.5, 0.6) is 0 Å². The van der Waals surface area contributed by atoms with Crippen LogP contribution in [0.2, 0.25) is 10.0 Å². The maximum Gasteiger partial charge on any atom is 0.229 e. The van der Waals surface area contributed by atoms with Gasteiger partial charge in [0.25, 0.3) is 0 Å². The predicted molar refractivity (Wildman–Crippen MR) is 103 cm³/mol. The Morgan fingerprint density at radius 2 is 1.92 bits per heavy atom. The van der Waals surface area contributed by atoms with Crippen molar-refractivity contribution in [3.63, 3.8) is 0 Å². The summed E-state index contributed by atoms with van der Waals surface area (Å²) in [5.41, 5.74) is 2.87. The number of carbonyl (C=O) groups excluding carboxylic acids is 1. The van der Waals surface area contributed by atoms with Crippen molar-refractivity contribution in [2.75, 3.05) is 5.32 Å². The van der Waals surface area contributed by atoms with Crippen LogP contribution in [0.25, 0.3) is 11.3 Å². The van der Waals surface area contributed by atoms with Gasteiger partial charge in [0.1, 0.15) is 0 Å². The van der Waals surface area contributed by atoms with E-state index in [9.17, 15) is 4.79 Å². The number of thiazole rings is 1. The minimum Gasteiger partial charge on any atom is -0.302 e. The molecule has 3 aromatic rings. The van der Waals surface area contributed by atoms with Crippen molar-refractivity contribution in [1.29, 1.82) is 0 Å². The molecule has 0 saturated heterocycles. The first-order valence-corrected chi connectivity index (χ1v) is 9.52. The van der Waals surface area contributed by atoms with E-state index in [2.05, 4.69) is 22.4 Å². The molecule has 0 radical (unpaired) electrons. The topological polar surface area (TPSA) is 42.0 Å². The average Bonchev–Trinajstić information content (AvgIpc) is 3.31. The Morgan fingerprint density at radius 3 is 2.68 bits per heavy atom. The lowest BCUT2D eigenvalue weighted by Gasteiger charge is -2.02. The van der Waals surface area contributed by atoms with Crippen LogP contribution in [0.15, 0.2) is 53.9 Å². The van der Waals surface area contributed by atoms with Crippen LogP contribution in [0, 0.1) is 5.92 Å². The molecule has 1 N–H and O–H groups in total. The molecule has 126 valence electrons. The molecule has 1 saturated carbocycles. The van der Waals surface area contributed by atoms with Gasteiger partial charge in [0.05, 0.1) is 15.7 Å². The zero-order valence-electron chi connectivity index (χ0n) is 13.1. The minimum atomic E-state index is 0.0275. The maximum atomic E-state index is 12.4. The molecule has 6 heteroatoms. The van der Waals surface area contributed by atoms with E-state index in [1.54, 1.807) is 12.1 Å². The molecule has 1 heterocycles. The molecule has 1 amide bonds. The SMILES string of the molecule is O=C(Nc1nc(-c2ccc(Cl)c(Cl)c2)cs1)[C@H]1C[C@@H]1c1ccccc1. The lowest BCUT2D eigenvalue weighted by molar-refractivity contribution is -0.117. The van der Waals surface area contributed by atoms with E-state index in [1.807, 2.05) is 29.6 Å². The van der Waals surface area contributed by atoms with Gasteiger partial charge in [-0.25, -0.2) is 4.98 Å². The number of nitrogens with one attached hydrogen (secondary N) is 1. The van der Waals surface area contributed by atoms with Gasteiger partial charge in [-0.15, -0.1) is 11.3 Å². The van der Waals surface area contributed by atoms with Crippen molar-refractivity contribution < 1.29 is 4.79 Å². The Morgan fingerprint density at radius 1 is 1.12 bits per heavy atom. The molecular weight excluding hydrogens is 375 g/mol. The average molecular weight is 389 g/mol. The van der Waals surface area contributed by atoms with Gasteiger partial charge >= 0.3 is 0 Å². The maximum absolute atomic E-state index is 12.4. The van der Waals surface area contributed by atoms with Crippen LogP contribution >= 0.6 is 34.5 Å². The van der Waals surface area contributed by atoms with Crippen LogP contribution in [0.4, 0.5) is 5.13 Å². The number of halogens is 2. The normalized spacial score (nSPS) is 18.8. The number of hydrogen-bond donors (Lipinski definition) is 1. The van der Waals surface area contributed by atoms with Gasteiger partial charge in [-0.1, -0.05) is 59.6 Å². The van der Waals surface area contributed by atoms with Crippen LogP contribution < -0.4 is 5.32 Å². The van der Waals surface area contributed by atoms with Gasteiger partial charge in [-0.3, -0.25) is 4.79 Å². The first-order valence-electron chi connectivity index (χ1n) is 7.88. The van der Waals surface area contributed by atoms with Gasteiger partial charge in [0, 0.05) is 16.9 Å². The van der Waals surface area contributed by atoms with E-state index >= 15 is 0 Å². The Kier molecular flexibility index (Phi) is 4.50. The lowest BCUT2D eigenvalue weighted by Crippen LogP contribution is -2.14. The number of nitrogens with zero attached hydrogens (tertiary/aromatic N) is 1. The number of rotatable bonds is 4. The third-order valence-corrected chi connectivity index (χ3v) is 5.80. The van der Waals surface area contributed by atoms with Crippen molar-refractivity contribution in [2.45, 2.75) is 12.3 Å². The third-order valence-electron chi connectivity index (χ3n) is 4.30. The number of amides is 1. The molecule has 1 aliphatic rings. The standard InChI is InChI=1S/C19H14Cl2N2OS/c20-15-7-6-12(8-16(15)21)17-10-25-19(22-17)23-18(24)14-9-13(14)11-4-2-1-3-5-11/h1-8,10,13-14H,9H2,(H,22,23,24)/t13-,14+/m1/s1. The summed E-state index contributed by atoms with van der Waals surface area (Å²) in [5, 5.41) is 6.43. The molecule has 0 spiro atoms. The molecule has 1 aliphatic carbocycles. The Bertz CT molecular complexity index is 926. The van der Waals surface area contributed by atoms with E-state index in [4.69, 9.17) is 23.2 Å². The second kappa shape index (κ2) is 6.79. The summed E-state index contributed by atoms with van der Waals surface area (Å²) in [4.78, 5) is 16.9. The first-order chi connectivity index (χ1) is 12.1. The fraction of sp³-hybridized carbons (Fsp3) is 0.158. The van der Waals surface area contributed by atoms with E-state index in [0.29, 0.717) is 21.1 Å². The van der Waals surface area contributed by atoms with Crippen LogP contribution in [0.1, 0.15) is 17.9 Å². The molecule has 0 unspecified atom stereocenters. The molecule has 1 fully saturated rings. The minimum absolute atomic E-state index is 0.0275. The highest BCUT2D eigenvalue weighted by atomic mass is 35.5. The highest BCUT2D eigenvalue weighted by Crippen LogP contribution is 2.48. The highest BCUT2D eigenvalue weighted by molar-refractivity contribution is 7.14. The quantitative estimate of drug-likeness (QED) is 0.607. The molecule has 1 aromatic heterocycles. The summed E-state index contributed by atoms with van der Waals surface area (Å²) in [5.74, 6) is 0.374. The van der Waals surface area contributed by atoms with E-state index in [-0.39, 0.29) is 11.8 Å². The molecule has 25 heavy (non-hydrogen) atoms. The Labute approximate surface area is 159 Å². The van der Waals surface area contributed by atoms with Crippen molar-refractivity contribution in [1.82, 2.24) is 4.98 Å². The lowest BCUT2D eigenvalue weighted by atomic mass is 10.1. The molecule has 0 aliphatic heterocycles. The largest absolute Gasteiger partial charge is 0.302 e. The zero-order chi connectivity index (χ0) is 17.4. The summed E-state index contributed by atoms with van der Waals surface area (Å²) in [6, 6.07) is 15.5. The van der Waals surface area contributed by atoms with Crippen LogP contribution in [-0.4, -0.2) is 10.9 Å². The molecule has 2 atom stereocenters. The van der Waals surface area contributed by atoms with Gasteiger partial charge in [0.2, 0.25) is 5.91 Å². The molecule has 0 bridgehead atoms. The van der Waals surface area contributed by atoms with Crippen LogP contribution in [0.3, 0.4) is 0 Å². The van der Waals surface area contributed by atoms with Crippen molar-refractivity contribution in [3.05, 3.63) is 69.5 Å². The van der Waals surface area contributed by atoms with Gasteiger partial charge < -0.3 is 5.32 Å². The molecular formula is C19H14Cl2N2OS. The van der Waals surface area contributed by atoms with Gasteiger partial charge in [0.15, 0.2) is 5.13 Å². The van der Waals surface area contributed by atoms with Crippen molar-refractivity contribution >= 4 is 45.6 Å². The monoisotopic (exact) mass is 388 g/mol.